The quantitative estimate of drug-likeness (QED) is 0.538. The summed E-state index contributed by atoms with van der Waals surface area (Å²) in [7, 11) is 4.59. The minimum Gasteiger partial charge on any atom is -1.00 e. The van der Waals surface area contributed by atoms with E-state index in [0.717, 1.165) is 10.9 Å². The molecule has 0 radical (unpaired) electrons. The number of hydrogen-bond donors (Lipinski definition) is 0. The van der Waals surface area contributed by atoms with Gasteiger partial charge in [-0.15, -0.1) is 6.58 Å². The zero-order valence-corrected chi connectivity index (χ0v) is 12.1. The molecule has 0 aliphatic rings. The first-order valence-corrected chi connectivity index (χ1v) is 5.99. The third-order valence-electron chi connectivity index (χ3n) is 3.71. The molecule has 0 N–H and O–H groups in total. The van der Waals surface area contributed by atoms with E-state index in [9.17, 15) is 0 Å². The van der Waals surface area contributed by atoms with Crippen LogP contribution in [0.15, 0.2) is 43.0 Å². The lowest BCUT2D eigenvalue weighted by Crippen LogP contribution is -3.00. The van der Waals surface area contributed by atoms with Crippen molar-refractivity contribution in [3.8, 4) is 0 Å². The minimum atomic E-state index is 0. The Hall–Kier alpha value is -0.790. The van der Waals surface area contributed by atoms with Gasteiger partial charge in [0.15, 0.2) is 0 Å². The zero-order chi connectivity index (χ0) is 12.2. The van der Waals surface area contributed by atoms with E-state index in [0.29, 0.717) is 12.1 Å². The maximum Gasteiger partial charge on any atom is 0.118 e. The van der Waals surface area contributed by atoms with E-state index in [1.807, 2.05) is 6.08 Å². The molecule has 17 heavy (non-hydrogen) atoms. The highest BCUT2D eigenvalue weighted by Gasteiger charge is 2.31. The minimum absolute atomic E-state index is 0. The summed E-state index contributed by atoms with van der Waals surface area (Å²) in [5, 5.41) is 0. The van der Waals surface area contributed by atoms with Gasteiger partial charge in [0.2, 0.25) is 0 Å². The monoisotopic (exact) mass is 253 g/mol. The van der Waals surface area contributed by atoms with Crippen molar-refractivity contribution >= 4 is 0 Å². The Bertz CT molecular complexity index is 330. The van der Waals surface area contributed by atoms with Gasteiger partial charge in [0, 0.05) is 12.0 Å². The van der Waals surface area contributed by atoms with Crippen molar-refractivity contribution in [2.24, 2.45) is 0 Å². The fourth-order valence-electron chi connectivity index (χ4n) is 1.98. The second-order valence-electron chi connectivity index (χ2n) is 5.17. The van der Waals surface area contributed by atoms with E-state index in [4.69, 9.17) is 0 Å². The fraction of sp³-hybridized carbons (Fsp3) is 0.467. The topological polar surface area (TPSA) is 0 Å². The highest BCUT2D eigenvalue weighted by atomic mass is 35.5. The summed E-state index contributed by atoms with van der Waals surface area (Å²) in [5.74, 6) is 0. The lowest BCUT2D eigenvalue weighted by atomic mass is 9.99. The molecule has 0 bridgehead atoms. The Morgan fingerprint density at radius 1 is 1.18 bits per heavy atom. The molecule has 0 amide bonds. The van der Waals surface area contributed by atoms with Crippen LogP contribution in [0.25, 0.3) is 0 Å². The van der Waals surface area contributed by atoms with Gasteiger partial charge >= 0.3 is 0 Å². The Morgan fingerprint density at radius 2 is 1.71 bits per heavy atom. The van der Waals surface area contributed by atoms with Crippen molar-refractivity contribution in [3.63, 3.8) is 0 Å². The summed E-state index contributed by atoms with van der Waals surface area (Å²) in [4.78, 5) is 0. The van der Waals surface area contributed by atoms with Crippen LogP contribution in [0.1, 0.15) is 31.9 Å². The molecule has 0 spiro atoms. The first-order chi connectivity index (χ1) is 7.50. The SMILES string of the molecule is C=CCC(c1ccccc1)[N+](C)(C)C(C)C.[Cl-]. The summed E-state index contributed by atoms with van der Waals surface area (Å²) < 4.78 is 0.996. The molecule has 0 aliphatic carbocycles. The molecule has 0 saturated heterocycles. The Labute approximate surface area is 112 Å². The Kier molecular flexibility index (Phi) is 6.51. The van der Waals surface area contributed by atoms with Gasteiger partial charge in [-0.25, -0.2) is 0 Å². The van der Waals surface area contributed by atoms with Gasteiger partial charge < -0.3 is 16.9 Å². The second kappa shape index (κ2) is 6.83. The second-order valence-corrected chi connectivity index (χ2v) is 5.17. The standard InChI is InChI=1S/C15H24N.ClH/c1-6-10-15(16(4,5)13(2)3)14-11-8-7-9-12-14;/h6-9,11-13,15H,1,10H2,2-5H3;1H/q+1;/p-1. The molecule has 0 aliphatic heterocycles. The third-order valence-corrected chi connectivity index (χ3v) is 3.71. The molecule has 1 aromatic rings. The average molecular weight is 254 g/mol. The molecule has 1 nitrogen and oxygen atoms in total. The van der Waals surface area contributed by atoms with E-state index in [1.54, 1.807) is 0 Å². The fourth-order valence-corrected chi connectivity index (χ4v) is 1.98. The van der Waals surface area contributed by atoms with Crippen LogP contribution < -0.4 is 12.4 Å². The van der Waals surface area contributed by atoms with E-state index < -0.39 is 0 Å². The van der Waals surface area contributed by atoms with Crippen LogP contribution in [0.3, 0.4) is 0 Å². The van der Waals surface area contributed by atoms with Crippen molar-refractivity contribution in [1.82, 2.24) is 0 Å². The van der Waals surface area contributed by atoms with Crippen LogP contribution >= 0.6 is 0 Å². The summed E-state index contributed by atoms with van der Waals surface area (Å²) in [6, 6.07) is 11.8. The molecule has 0 fully saturated rings. The summed E-state index contributed by atoms with van der Waals surface area (Å²) in [6.07, 6.45) is 3.05. The van der Waals surface area contributed by atoms with Gasteiger partial charge in [-0.05, 0) is 13.8 Å². The van der Waals surface area contributed by atoms with Crippen LogP contribution in [0, 0.1) is 0 Å². The Balaban J connectivity index is 0.00000256. The lowest BCUT2D eigenvalue weighted by molar-refractivity contribution is -0.940. The number of benzene rings is 1. The maximum atomic E-state index is 3.89. The van der Waals surface area contributed by atoms with E-state index in [-0.39, 0.29) is 12.4 Å². The average Bonchev–Trinajstić information content (AvgIpc) is 2.26. The van der Waals surface area contributed by atoms with Crippen molar-refractivity contribution in [2.75, 3.05) is 14.1 Å². The number of quaternary nitrogens is 1. The first-order valence-electron chi connectivity index (χ1n) is 5.99. The van der Waals surface area contributed by atoms with Gasteiger partial charge in [-0.2, -0.15) is 0 Å². The van der Waals surface area contributed by atoms with Crippen molar-refractivity contribution in [3.05, 3.63) is 48.6 Å². The predicted molar refractivity (Wildman–Crippen MR) is 71.2 cm³/mol. The first kappa shape index (κ1) is 16.2. The molecule has 1 aromatic carbocycles. The summed E-state index contributed by atoms with van der Waals surface area (Å²) >= 11 is 0. The molecular weight excluding hydrogens is 230 g/mol. The number of halogens is 1. The molecule has 1 atom stereocenters. The zero-order valence-electron chi connectivity index (χ0n) is 11.4. The van der Waals surface area contributed by atoms with Crippen LogP contribution in [0.2, 0.25) is 0 Å². The van der Waals surface area contributed by atoms with Crippen molar-refractivity contribution in [1.29, 1.82) is 0 Å². The molecule has 1 rings (SSSR count). The molecule has 2 heteroatoms. The van der Waals surface area contributed by atoms with Crippen LogP contribution in [0.4, 0.5) is 0 Å². The largest absolute Gasteiger partial charge is 1.00 e. The van der Waals surface area contributed by atoms with Crippen LogP contribution in [-0.4, -0.2) is 24.6 Å². The summed E-state index contributed by atoms with van der Waals surface area (Å²) in [6.45, 7) is 8.44. The molecular formula is C15H24ClN. The molecule has 0 aromatic heterocycles. The molecule has 0 heterocycles. The highest BCUT2D eigenvalue weighted by molar-refractivity contribution is 5.18. The number of rotatable bonds is 5. The molecule has 1 unspecified atom stereocenters. The van der Waals surface area contributed by atoms with Gasteiger partial charge in [0.1, 0.15) is 6.04 Å². The Morgan fingerprint density at radius 3 is 2.12 bits per heavy atom. The van der Waals surface area contributed by atoms with Crippen LogP contribution in [0.5, 0.6) is 0 Å². The van der Waals surface area contributed by atoms with E-state index in [2.05, 4.69) is 64.9 Å². The van der Waals surface area contributed by atoms with Gasteiger partial charge in [0.25, 0.3) is 0 Å². The molecule has 0 saturated carbocycles. The van der Waals surface area contributed by atoms with Gasteiger partial charge in [-0.3, -0.25) is 0 Å². The van der Waals surface area contributed by atoms with Gasteiger partial charge in [0.05, 0.1) is 20.1 Å². The number of hydrogen-bond acceptors (Lipinski definition) is 0. The van der Waals surface area contributed by atoms with E-state index in [1.165, 1.54) is 5.56 Å². The number of nitrogens with zero attached hydrogens (tertiary/aromatic N) is 1. The normalized spacial score (nSPS) is 13.0. The van der Waals surface area contributed by atoms with Crippen molar-refractivity contribution < 1.29 is 16.9 Å². The predicted octanol–water partition coefficient (Wildman–Crippen LogP) is 0.793. The summed E-state index contributed by atoms with van der Waals surface area (Å²) in [5.41, 5.74) is 1.40. The highest BCUT2D eigenvalue weighted by Crippen LogP contribution is 2.30. The third kappa shape index (κ3) is 3.86. The lowest BCUT2D eigenvalue weighted by Gasteiger charge is -2.41. The molecule has 96 valence electrons. The van der Waals surface area contributed by atoms with Gasteiger partial charge in [-0.1, -0.05) is 36.4 Å². The van der Waals surface area contributed by atoms with Crippen LogP contribution in [-0.2, 0) is 0 Å². The smallest absolute Gasteiger partial charge is 0.118 e. The maximum absolute atomic E-state index is 3.89. The van der Waals surface area contributed by atoms with Crippen molar-refractivity contribution in [2.45, 2.75) is 32.4 Å². The van der Waals surface area contributed by atoms with E-state index >= 15 is 0 Å².